The molecule has 1 saturated carbocycles. The van der Waals surface area contributed by atoms with Gasteiger partial charge in [-0.05, 0) is 49.8 Å². The van der Waals surface area contributed by atoms with Crippen LogP contribution in [0, 0.1) is 5.92 Å². The van der Waals surface area contributed by atoms with Crippen molar-refractivity contribution in [3.63, 3.8) is 0 Å². The molecule has 0 aromatic heterocycles. The fraction of sp³-hybridized carbons (Fsp3) is 0.571. The summed E-state index contributed by atoms with van der Waals surface area (Å²) in [7, 11) is 1.59. The Hall–Kier alpha value is -0.450. The first kappa shape index (κ1) is 15.9. The van der Waals surface area contributed by atoms with Crippen molar-refractivity contribution in [3.8, 4) is 5.75 Å². The van der Waals surface area contributed by atoms with Gasteiger partial charge >= 0.3 is 0 Å². The Morgan fingerprint density at radius 2 is 2.00 bits per heavy atom. The van der Waals surface area contributed by atoms with Crippen molar-refractivity contribution < 1.29 is 13.2 Å². The minimum atomic E-state index is -3.87. The second kappa shape index (κ2) is 6.54. The van der Waals surface area contributed by atoms with Gasteiger partial charge in [-0.2, -0.15) is 0 Å². The van der Waals surface area contributed by atoms with Gasteiger partial charge in [-0.1, -0.05) is 24.9 Å². The van der Waals surface area contributed by atoms with E-state index < -0.39 is 9.05 Å². The van der Waals surface area contributed by atoms with Gasteiger partial charge in [-0.25, -0.2) is 8.42 Å². The van der Waals surface area contributed by atoms with E-state index >= 15 is 0 Å². The van der Waals surface area contributed by atoms with Crippen LogP contribution in [0.2, 0.25) is 5.02 Å². The maximum absolute atomic E-state index is 11.6. The number of hydrogen-bond donors (Lipinski definition) is 0. The number of rotatable bonds is 4. The predicted molar refractivity (Wildman–Crippen MR) is 81.2 cm³/mol. The Morgan fingerprint density at radius 1 is 1.30 bits per heavy atom. The summed E-state index contributed by atoms with van der Waals surface area (Å²) in [4.78, 5) is -0.0490. The average molecular weight is 337 g/mol. The van der Waals surface area contributed by atoms with E-state index in [4.69, 9.17) is 27.0 Å². The van der Waals surface area contributed by atoms with Gasteiger partial charge in [0.25, 0.3) is 9.05 Å². The molecule has 3 nitrogen and oxygen atoms in total. The zero-order valence-corrected chi connectivity index (χ0v) is 13.6. The molecule has 2 rings (SSSR count). The summed E-state index contributed by atoms with van der Waals surface area (Å²) in [5.41, 5.74) is 0. The standard InChI is InChI=1S/C14H18Cl2O3S/c1-2-10-5-3-4-6-12(10)19-13-8-7-11(15)9-14(13)20(16,17)18/h7-10,12H,2-6H2,1H3. The lowest BCUT2D eigenvalue weighted by atomic mass is 9.85. The van der Waals surface area contributed by atoms with Crippen molar-refractivity contribution in [2.75, 3.05) is 0 Å². The van der Waals surface area contributed by atoms with Gasteiger partial charge in [-0.15, -0.1) is 0 Å². The highest BCUT2D eigenvalue weighted by molar-refractivity contribution is 8.13. The van der Waals surface area contributed by atoms with E-state index in [1.807, 2.05) is 0 Å². The molecule has 0 saturated heterocycles. The van der Waals surface area contributed by atoms with E-state index in [1.54, 1.807) is 12.1 Å². The SMILES string of the molecule is CCC1CCCCC1Oc1ccc(Cl)cc1S(=O)(=O)Cl. The van der Waals surface area contributed by atoms with Crippen LogP contribution in [0.25, 0.3) is 0 Å². The molecule has 1 fully saturated rings. The molecule has 1 aliphatic carbocycles. The Balaban J connectivity index is 2.29. The number of benzene rings is 1. The molecule has 20 heavy (non-hydrogen) atoms. The third kappa shape index (κ3) is 3.80. The fourth-order valence-corrected chi connectivity index (χ4v) is 3.95. The van der Waals surface area contributed by atoms with E-state index in [2.05, 4.69) is 6.92 Å². The Morgan fingerprint density at radius 3 is 2.65 bits per heavy atom. The first-order valence-corrected chi connectivity index (χ1v) is 9.51. The quantitative estimate of drug-likeness (QED) is 0.753. The molecule has 0 radical (unpaired) electrons. The summed E-state index contributed by atoms with van der Waals surface area (Å²) < 4.78 is 29.2. The summed E-state index contributed by atoms with van der Waals surface area (Å²) in [6, 6.07) is 4.54. The smallest absolute Gasteiger partial charge is 0.265 e. The van der Waals surface area contributed by atoms with Crippen LogP contribution in [0.1, 0.15) is 39.0 Å². The molecule has 0 spiro atoms. The zero-order valence-electron chi connectivity index (χ0n) is 11.3. The monoisotopic (exact) mass is 336 g/mol. The first-order chi connectivity index (χ1) is 9.41. The van der Waals surface area contributed by atoms with Crippen molar-refractivity contribution in [2.45, 2.75) is 50.0 Å². The van der Waals surface area contributed by atoms with Crippen molar-refractivity contribution >= 4 is 31.3 Å². The molecule has 0 aliphatic heterocycles. The van der Waals surface area contributed by atoms with Crippen LogP contribution < -0.4 is 4.74 Å². The number of ether oxygens (including phenoxy) is 1. The van der Waals surface area contributed by atoms with Gasteiger partial charge in [0, 0.05) is 15.7 Å². The molecule has 1 aliphatic rings. The molecule has 6 heteroatoms. The van der Waals surface area contributed by atoms with E-state index in [9.17, 15) is 8.42 Å². The van der Waals surface area contributed by atoms with Crippen LogP contribution in [-0.2, 0) is 9.05 Å². The molecule has 1 aromatic carbocycles. The first-order valence-electron chi connectivity index (χ1n) is 6.82. The molecule has 0 heterocycles. The van der Waals surface area contributed by atoms with Crippen molar-refractivity contribution in [3.05, 3.63) is 23.2 Å². The Kier molecular flexibility index (Phi) is 5.21. The maximum atomic E-state index is 11.6. The molecule has 1 aromatic rings. The summed E-state index contributed by atoms with van der Waals surface area (Å²) in [5.74, 6) is 0.764. The van der Waals surface area contributed by atoms with E-state index in [1.165, 1.54) is 12.5 Å². The van der Waals surface area contributed by atoms with Gasteiger partial charge in [0.2, 0.25) is 0 Å². The lowest BCUT2D eigenvalue weighted by molar-refractivity contribution is 0.0875. The van der Waals surface area contributed by atoms with Crippen molar-refractivity contribution in [1.82, 2.24) is 0 Å². The van der Waals surface area contributed by atoms with Crippen LogP contribution in [-0.4, -0.2) is 14.5 Å². The van der Waals surface area contributed by atoms with Crippen LogP contribution in [0.3, 0.4) is 0 Å². The Labute approximate surface area is 129 Å². The largest absolute Gasteiger partial charge is 0.489 e. The molecular weight excluding hydrogens is 319 g/mol. The van der Waals surface area contributed by atoms with E-state index in [0.29, 0.717) is 16.7 Å². The van der Waals surface area contributed by atoms with E-state index in [0.717, 1.165) is 25.7 Å². The highest BCUT2D eigenvalue weighted by atomic mass is 35.7. The van der Waals surface area contributed by atoms with Crippen LogP contribution >= 0.6 is 22.3 Å². The molecule has 0 N–H and O–H groups in total. The highest BCUT2D eigenvalue weighted by Crippen LogP contribution is 2.35. The second-order valence-electron chi connectivity index (χ2n) is 5.14. The van der Waals surface area contributed by atoms with Crippen molar-refractivity contribution in [1.29, 1.82) is 0 Å². The summed E-state index contributed by atoms with van der Waals surface area (Å²) in [6.45, 7) is 2.13. The minimum Gasteiger partial charge on any atom is -0.489 e. The lowest BCUT2D eigenvalue weighted by Crippen LogP contribution is -2.30. The van der Waals surface area contributed by atoms with E-state index in [-0.39, 0.29) is 11.0 Å². The van der Waals surface area contributed by atoms with Gasteiger partial charge in [0.05, 0.1) is 0 Å². The summed E-state index contributed by atoms with van der Waals surface area (Å²) in [5, 5.41) is 0.326. The van der Waals surface area contributed by atoms with Crippen LogP contribution in [0.15, 0.2) is 23.1 Å². The molecular formula is C14H18Cl2O3S. The van der Waals surface area contributed by atoms with Gasteiger partial charge in [0.15, 0.2) is 0 Å². The minimum absolute atomic E-state index is 0.0482. The van der Waals surface area contributed by atoms with Gasteiger partial charge < -0.3 is 4.74 Å². The number of hydrogen-bond acceptors (Lipinski definition) is 3. The third-order valence-corrected chi connectivity index (χ3v) is 5.39. The second-order valence-corrected chi connectivity index (χ2v) is 8.11. The molecule has 2 atom stereocenters. The zero-order chi connectivity index (χ0) is 14.8. The fourth-order valence-electron chi connectivity index (χ4n) is 2.73. The topological polar surface area (TPSA) is 43.4 Å². The molecule has 112 valence electrons. The maximum Gasteiger partial charge on any atom is 0.265 e. The Bertz CT molecular complexity index is 572. The highest BCUT2D eigenvalue weighted by Gasteiger charge is 2.27. The molecule has 0 bridgehead atoms. The predicted octanol–water partition coefficient (Wildman–Crippen LogP) is 4.62. The number of halogens is 2. The summed E-state index contributed by atoms with van der Waals surface area (Å²) in [6.07, 6.45) is 5.46. The molecule has 0 amide bonds. The van der Waals surface area contributed by atoms with Gasteiger partial charge in [0.1, 0.15) is 16.7 Å². The van der Waals surface area contributed by atoms with Crippen LogP contribution in [0.5, 0.6) is 5.75 Å². The molecule has 2 unspecified atom stereocenters. The third-order valence-electron chi connectivity index (χ3n) is 3.81. The average Bonchev–Trinajstić information content (AvgIpc) is 2.40. The lowest BCUT2D eigenvalue weighted by Gasteiger charge is -2.31. The van der Waals surface area contributed by atoms with Crippen LogP contribution in [0.4, 0.5) is 0 Å². The van der Waals surface area contributed by atoms with Crippen molar-refractivity contribution in [2.24, 2.45) is 5.92 Å². The normalized spacial score (nSPS) is 23.6. The summed E-state index contributed by atoms with van der Waals surface area (Å²) >= 11 is 5.84. The van der Waals surface area contributed by atoms with Gasteiger partial charge in [-0.3, -0.25) is 0 Å².